The third kappa shape index (κ3) is 2.84. The molecule has 0 unspecified atom stereocenters. The van der Waals surface area contributed by atoms with Crippen molar-refractivity contribution in [1.29, 1.82) is 0 Å². The first-order valence-corrected chi connectivity index (χ1v) is 6.08. The number of nitrogen functional groups attached to an aromatic ring is 1. The minimum Gasteiger partial charge on any atom is -0.383 e. The van der Waals surface area contributed by atoms with Crippen LogP contribution in [0, 0.1) is 0 Å². The van der Waals surface area contributed by atoms with E-state index in [-0.39, 0.29) is 0 Å². The molecule has 0 saturated carbocycles. The number of hydrogen-bond donors (Lipinski definition) is 1. The van der Waals surface area contributed by atoms with E-state index in [1.165, 1.54) is 0 Å². The molecule has 0 aromatic carbocycles. The van der Waals surface area contributed by atoms with Crippen LogP contribution in [0.2, 0.25) is 0 Å². The van der Waals surface area contributed by atoms with Crippen LogP contribution in [-0.2, 0) is 6.42 Å². The van der Waals surface area contributed by atoms with E-state index in [0.29, 0.717) is 5.82 Å². The Bertz CT molecular complexity index is 325. The van der Waals surface area contributed by atoms with Crippen molar-refractivity contribution in [3.05, 3.63) is 11.9 Å². The summed E-state index contributed by atoms with van der Waals surface area (Å²) in [6.07, 6.45) is 4.68. The molecule has 0 radical (unpaired) electrons. The van der Waals surface area contributed by atoms with Gasteiger partial charge in [-0.2, -0.15) is 0 Å². The molecule has 0 aliphatic rings. The molecule has 16 heavy (non-hydrogen) atoms. The van der Waals surface area contributed by atoms with E-state index in [1.807, 2.05) is 0 Å². The van der Waals surface area contributed by atoms with E-state index in [2.05, 4.69) is 35.6 Å². The quantitative estimate of drug-likeness (QED) is 0.802. The zero-order chi connectivity index (χ0) is 12.0. The van der Waals surface area contributed by atoms with Gasteiger partial charge in [0.2, 0.25) is 0 Å². The fourth-order valence-electron chi connectivity index (χ4n) is 1.86. The van der Waals surface area contributed by atoms with Crippen molar-refractivity contribution in [2.24, 2.45) is 0 Å². The monoisotopic (exact) mass is 222 g/mol. The molecule has 4 nitrogen and oxygen atoms in total. The lowest BCUT2D eigenvalue weighted by atomic mass is 10.1. The highest BCUT2D eigenvalue weighted by Crippen LogP contribution is 2.22. The predicted molar refractivity (Wildman–Crippen MR) is 68.6 cm³/mol. The Kier molecular flexibility index (Phi) is 5.02. The first-order chi connectivity index (χ1) is 7.74. The van der Waals surface area contributed by atoms with Crippen LogP contribution in [0.4, 0.5) is 11.6 Å². The first kappa shape index (κ1) is 12.7. The molecular formula is C12H22N4. The lowest BCUT2D eigenvalue weighted by Gasteiger charge is -2.24. The Balaban J connectivity index is 3.04. The Morgan fingerprint density at radius 1 is 1.19 bits per heavy atom. The normalized spacial score (nSPS) is 10.4. The molecule has 90 valence electrons. The van der Waals surface area contributed by atoms with E-state index in [1.54, 1.807) is 6.33 Å². The number of aromatic nitrogens is 2. The molecule has 0 amide bonds. The maximum absolute atomic E-state index is 5.92. The molecule has 1 aromatic heterocycles. The number of hydrogen-bond acceptors (Lipinski definition) is 4. The Morgan fingerprint density at radius 3 is 2.50 bits per heavy atom. The van der Waals surface area contributed by atoms with Crippen LogP contribution in [0.1, 0.15) is 39.2 Å². The van der Waals surface area contributed by atoms with Crippen LogP contribution in [-0.4, -0.2) is 23.1 Å². The molecular weight excluding hydrogens is 200 g/mol. The zero-order valence-electron chi connectivity index (χ0n) is 10.5. The van der Waals surface area contributed by atoms with Gasteiger partial charge in [0.25, 0.3) is 0 Å². The number of nitrogens with zero attached hydrogens (tertiary/aromatic N) is 3. The van der Waals surface area contributed by atoms with Gasteiger partial charge in [-0.3, -0.25) is 0 Å². The minimum atomic E-state index is 0.626. The van der Waals surface area contributed by atoms with Crippen LogP contribution in [0.25, 0.3) is 0 Å². The van der Waals surface area contributed by atoms with Crippen LogP contribution in [0.15, 0.2) is 6.33 Å². The second-order valence-corrected chi connectivity index (χ2v) is 3.89. The Labute approximate surface area is 97.9 Å². The summed E-state index contributed by atoms with van der Waals surface area (Å²) in [6.45, 7) is 8.44. The van der Waals surface area contributed by atoms with E-state index in [0.717, 1.165) is 43.7 Å². The van der Waals surface area contributed by atoms with Crippen LogP contribution in [0.5, 0.6) is 0 Å². The van der Waals surface area contributed by atoms with Gasteiger partial charge in [0, 0.05) is 18.7 Å². The van der Waals surface area contributed by atoms with Crippen molar-refractivity contribution < 1.29 is 0 Å². The molecule has 0 atom stereocenters. The summed E-state index contributed by atoms with van der Waals surface area (Å²) in [5, 5.41) is 0. The maximum atomic E-state index is 5.92. The Morgan fingerprint density at radius 2 is 1.94 bits per heavy atom. The molecule has 1 heterocycles. The van der Waals surface area contributed by atoms with Crippen molar-refractivity contribution in [2.75, 3.05) is 23.7 Å². The van der Waals surface area contributed by atoms with Crippen molar-refractivity contribution in [1.82, 2.24) is 9.97 Å². The third-order valence-corrected chi connectivity index (χ3v) is 2.63. The van der Waals surface area contributed by atoms with Crippen LogP contribution in [0.3, 0.4) is 0 Å². The second kappa shape index (κ2) is 6.30. The highest BCUT2D eigenvalue weighted by Gasteiger charge is 2.13. The van der Waals surface area contributed by atoms with Gasteiger partial charge in [0.1, 0.15) is 18.0 Å². The van der Waals surface area contributed by atoms with Gasteiger partial charge in [0.05, 0.1) is 0 Å². The average molecular weight is 222 g/mol. The summed E-state index contributed by atoms with van der Waals surface area (Å²) in [7, 11) is 0. The molecule has 2 N–H and O–H groups in total. The van der Waals surface area contributed by atoms with Crippen LogP contribution < -0.4 is 10.6 Å². The van der Waals surface area contributed by atoms with Gasteiger partial charge in [-0.1, -0.05) is 20.3 Å². The largest absolute Gasteiger partial charge is 0.383 e. The number of anilines is 2. The molecule has 0 spiro atoms. The molecule has 0 fully saturated rings. The molecule has 0 saturated heterocycles. The third-order valence-electron chi connectivity index (χ3n) is 2.63. The van der Waals surface area contributed by atoms with Gasteiger partial charge in [-0.25, -0.2) is 9.97 Å². The van der Waals surface area contributed by atoms with Crippen molar-refractivity contribution in [2.45, 2.75) is 40.0 Å². The standard InChI is InChI=1S/C12H22N4/c1-4-7-10-11(13)14-9-15-12(10)16(6-3)8-5-2/h9H,4-8H2,1-3H3,(H2,13,14,15). The highest BCUT2D eigenvalue weighted by molar-refractivity contribution is 5.56. The van der Waals surface area contributed by atoms with Crippen molar-refractivity contribution in [3.63, 3.8) is 0 Å². The van der Waals surface area contributed by atoms with E-state index in [4.69, 9.17) is 5.73 Å². The van der Waals surface area contributed by atoms with Crippen LogP contribution >= 0.6 is 0 Å². The summed E-state index contributed by atoms with van der Waals surface area (Å²) in [4.78, 5) is 10.7. The fourth-order valence-corrected chi connectivity index (χ4v) is 1.86. The van der Waals surface area contributed by atoms with E-state index >= 15 is 0 Å². The summed E-state index contributed by atoms with van der Waals surface area (Å²) in [5.74, 6) is 1.64. The molecule has 1 rings (SSSR count). The van der Waals surface area contributed by atoms with Crippen molar-refractivity contribution >= 4 is 11.6 Å². The summed E-state index contributed by atoms with van der Waals surface area (Å²) in [6, 6.07) is 0. The van der Waals surface area contributed by atoms with Crippen molar-refractivity contribution in [3.8, 4) is 0 Å². The summed E-state index contributed by atoms with van der Waals surface area (Å²) in [5.41, 5.74) is 7.02. The predicted octanol–water partition coefficient (Wildman–Crippen LogP) is 2.25. The molecule has 0 bridgehead atoms. The zero-order valence-corrected chi connectivity index (χ0v) is 10.5. The Hall–Kier alpha value is -1.32. The lowest BCUT2D eigenvalue weighted by Crippen LogP contribution is -2.26. The fraction of sp³-hybridized carbons (Fsp3) is 0.667. The first-order valence-electron chi connectivity index (χ1n) is 6.08. The average Bonchev–Trinajstić information content (AvgIpc) is 2.29. The van der Waals surface area contributed by atoms with Gasteiger partial charge in [-0.15, -0.1) is 0 Å². The summed E-state index contributed by atoms with van der Waals surface area (Å²) < 4.78 is 0. The summed E-state index contributed by atoms with van der Waals surface area (Å²) >= 11 is 0. The van der Waals surface area contributed by atoms with E-state index in [9.17, 15) is 0 Å². The molecule has 0 aliphatic carbocycles. The van der Waals surface area contributed by atoms with Gasteiger partial charge in [-0.05, 0) is 19.8 Å². The van der Waals surface area contributed by atoms with E-state index < -0.39 is 0 Å². The minimum absolute atomic E-state index is 0.626. The molecule has 0 aliphatic heterocycles. The molecule has 4 heteroatoms. The maximum Gasteiger partial charge on any atom is 0.137 e. The van der Waals surface area contributed by atoms with Gasteiger partial charge < -0.3 is 10.6 Å². The number of nitrogens with two attached hydrogens (primary N) is 1. The van der Waals surface area contributed by atoms with Gasteiger partial charge >= 0.3 is 0 Å². The smallest absolute Gasteiger partial charge is 0.137 e. The highest BCUT2D eigenvalue weighted by atomic mass is 15.2. The lowest BCUT2D eigenvalue weighted by molar-refractivity contribution is 0.763. The molecule has 1 aromatic rings. The SMILES string of the molecule is CCCc1c(N)ncnc1N(CC)CCC. The topological polar surface area (TPSA) is 55.0 Å². The van der Waals surface area contributed by atoms with Gasteiger partial charge in [0.15, 0.2) is 0 Å². The number of rotatable bonds is 6. The second-order valence-electron chi connectivity index (χ2n) is 3.89.